The fraction of sp³-hybridized carbons (Fsp3) is 0.211. The van der Waals surface area contributed by atoms with Crippen LogP contribution in [0.5, 0.6) is 0 Å². The molecule has 0 radical (unpaired) electrons. The lowest BCUT2D eigenvalue weighted by atomic mass is 9.97. The average Bonchev–Trinajstić information content (AvgIpc) is 3.26. The summed E-state index contributed by atoms with van der Waals surface area (Å²) in [5.41, 5.74) is 3.14. The maximum absolute atomic E-state index is 6.38. The van der Waals surface area contributed by atoms with Crippen LogP contribution in [0.2, 0.25) is 15.1 Å². The Hall–Kier alpha value is -1.06. The molecule has 1 fully saturated rings. The Morgan fingerprint density at radius 3 is 2.42 bits per heavy atom. The highest BCUT2D eigenvalue weighted by Crippen LogP contribution is 2.55. The van der Waals surface area contributed by atoms with Gasteiger partial charge in [0.2, 0.25) is 0 Å². The second-order valence-electron chi connectivity index (χ2n) is 6.14. The van der Waals surface area contributed by atoms with Crippen molar-refractivity contribution < 1.29 is 0 Å². The molecule has 24 heavy (non-hydrogen) atoms. The summed E-state index contributed by atoms with van der Waals surface area (Å²) in [6, 6.07) is 13.7. The number of hydrogen-bond donors (Lipinski definition) is 0. The summed E-state index contributed by atoms with van der Waals surface area (Å²) in [5, 5.41) is 3.18. The van der Waals surface area contributed by atoms with Gasteiger partial charge in [-0.2, -0.15) is 0 Å². The van der Waals surface area contributed by atoms with E-state index in [0.717, 1.165) is 34.1 Å². The van der Waals surface area contributed by atoms with Crippen LogP contribution in [0.1, 0.15) is 28.3 Å². The van der Waals surface area contributed by atoms with Crippen LogP contribution in [0, 0.1) is 6.92 Å². The number of hydrogen-bond acceptors (Lipinski definition) is 2. The number of aromatic nitrogens is 1. The summed E-state index contributed by atoms with van der Waals surface area (Å²) in [7, 11) is 0. The lowest BCUT2D eigenvalue weighted by Crippen LogP contribution is -2.08. The van der Waals surface area contributed by atoms with Gasteiger partial charge in [0.25, 0.3) is 0 Å². The quantitative estimate of drug-likeness (QED) is 0.459. The van der Waals surface area contributed by atoms with Crippen LogP contribution in [0.4, 0.5) is 0 Å². The first-order valence-electron chi connectivity index (χ1n) is 7.69. The Labute approximate surface area is 160 Å². The summed E-state index contributed by atoms with van der Waals surface area (Å²) in [6.45, 7) is 2.09. The van der Waals surface area contributed by atoms with Crippen LogP contribution in [0.15, 0.2) is 42.5 Å². The van der Waals surface area contributed by atoms with E-state index in [1.807, 2.05) is 24.3 Å². The fourth-order valence-electron chi connectivity index (χ4n) is 3.07. The second-order valence-corrected chi connectivity index (χ2v) is 8.62. The molecular formula is C19H14Cl3NS. The van der Waals surface area contributed by atoms with E-state index in [1.165, 1.54) is 10.4 Å². The smallest absolute Gasteiger partial charge is 0.104 e. The van der Waals surface area contributed by atoms with Crippen LogP contribution in [-0.2, 0) is 5.41 Å². The van der Waals surface area contributed by atoms with Gasteiger partial charge in [-0.05, 0) is 55.7 Å². The van der Waals surface area contributed by atoms with E-state index < -0.39 is 0 Å². The van der Waals surface area contributed by atoms with Gasteiger partial charge in [-0.1, -0.05) is 46.9 Å². The fourth-order valence-corrected chi connectivity index (χ4v) is 4.95. The van der Waals surface area contributed by atoms with E-state index in [0.29, 0.717) is 10.0 Å². The van der Waals surface area contributed by atoms with Crippen molar-refractivity contribution in [3.8, 4) is 11.3 Å². The second kappa shape index (κ2) is 6.03. The minimum atomic E-state index is 0.0114. The summed E-state index contributed by atoms with van der Waals surface area (Å²) in [5.74, 6) is 0. The minimum absolute atomic E-state index is 0.0114. The highest BCUT2D eigenvalue weighted by molar-refractivity contribution is 7.12. The molecule has 0 spiro atoms. The molecule has 0 unspecified atom stereocenters. The molecule has 0 N–H and O–H groups in total. The molecule has 1 aliphatic rings. The van der Waals surface area contributed by atoms with Gasteiger partial charge < -0.3 is 0 Å². The molecule has 5 heteroatoms. The number of benzene rings is 2. The van der Waals surface area contributed by atoms with Crippen LogP contribution in [0.25, 0.3) is 11.3 Å². The Morgan fingerprint density at radius 1 is 1.00 bits per heavy atom. The average molecular weight is 395 g/mol. The van der Waals surface area contributed by atoms with Crippen molar-refractivity contribution in [1.29, 1.82) is 0 Å². The normalized spacial score (nSPS) is 15.5. The predicted octanol–water partition coefficient (Wildman–Crippen LogP) is 7.16. The minimum Gasteiger partial charge on any atom is -0.240 e. The van der Waals surface area contributed by atoms with Crippen molar-refractivity contribution in [2.75, 3.05) is 0 Å². The van der Waals surface area contributed by atoms with Gasteiger partial charge in [-0.15, -0.1) is 11.3 Å². The van der Waals surface area contributed by atoms with Crippen molar-refractivity contribution in [1.82, 2.24) is 4.98 Å². The Kier molecular flexibility index (Phi) is 4.12. The zero-order valence-corrected chi connectivity index (χ0v) is 16.0. The number of thiazole rings is 1. The highest BCUT2D eigenvalue weighted by Gasteiger charge is 2.48. The van der Waals surface area contributed by atoms with Gasteiger partial charge in [0.05, 0.1) is 10.7 Å². The van der Waals surface area contributed by atoms with E-state index in [2.05, 4.69) is 19.1 Å². The first-order valence-corrected chi connectivity index (χ1v) is 9.64. The van der Waals surface area contributed by atoms with E-state index >= 15 is 0 Å². The predicted molar refractivity (Wildman–Crippen MR) is 104 cm³/mol. The van der Waals surface area contributed by atoms with Crippen LogP contribution in [0.3, 0.4) is 0 Å². The van der Waals surface area contributed by atoms with Crippen molar-refractivity contribution in [3.05, 3.63) is 73.0 Å². The molecule has 122 valence electrons. The molecule has 1 aromatic heterocycles. The summed E-state index contributed by atoms with van der Waals surface area (Å²) in [4.78, 5) is 6.13. The van der Waals surface area contributed by atoms with Gasteiger partial charge in [0.15, 0.2) is 0 Å². The van der Waals surface area contributed by atoms with E-state index in [-0.39, 0.29) is 5.41 Å². The zero-order valence-electron chi connectivity index (χ0n) is 12.9. The molecule has 1 saturated carbocycles. The van der Waals surface area contributed by atoms with E-state index in [1.54, 1.807) is 17.4 Å². The standard InChI is InChI=1S/C19H14Cl3NS/c1-11-17(15-6-5-14(21)10-16(15)22)23-18(24-11)19(7-8-19)12-3-2-4-13(20)9-12/h2-6,9-10H,7-8H2,1H3. The highest BCUT2D eigenvalue weighted by atomic mass is 35.5. The van der Waals surface area contributed by atoms with Crippen LogP contribution < -0.4 is 0 Å². The number of aryl methyl sites for hydroxylation is 1. The summed E-state index contributed by atoms with van der Waals surface area (Å²) >= 11 is 20.3. The van der Waals surface area contributed by atoms with Crippen molar-refractivity contribution in [2.24, 2.45) is 0 Å². The molecule has 2 aromatic carbocycles. The van der Waals surface area contributed by atoms with Gasteiger partial charge in [0.1, 0.15) is 5.01 Å². The molecule has 0 aliphatic heterocycles. The summed E-state index contributed by atoms with van der Waals surface area (Å²) < 4.78 is 0. The largest absolute Gasteiger partial charge is 0.240 e. The number of rotatable bonds is 3. The lowest BCUT2D eigenvalue weighted by molar-refractivity contribution is 0.834. The third kappa shape index (κ3) is 2.76. The first kappa shape index (κ1) is 16.4. The monoisotopic (exact) mass is 393 g/mol. The third-order valence-electron chi connectivity index (χ3n) is 4.52. The topological polar surface area (TPSA) is 12.9 Å². The van der Waals surface area contributed by atoms with Crippen molar-refractivity contribution in [3.63, 3.8) is 0 Å². The molecule has 0 saturated heterocycles. The molecule has 1 aliphatic carbocycles. The SMILES string of the molecule is Cc1sc(C2(c3cccc(Cl)c3)CC2)nc1-c1ccc(Cl)cc1Cl. The Morgan fingerprint density at radius 2 is 1.75 bits per heavy atom. The first-order chi connectivity index (χ1) is 11.5. The van der Waals surface area contributed by atoms with Crippen LogP contribution in [-0.4, -0.2) is 4.98 Å². The van der Waals surface area contributed by atoms with Gasteiger partial charge in [0, 0.05) is 25.9 Å². The molecule has 3 aromatic rings. The summed E-state index contributed by atoms with van der Waals surface area (Å²) in [6.07, 6.45) is 2.21. The lowest BCUT2D eigenvalue weighted by Gasteiger charge is -2.13. The molecule has 0 amide bonds. The van der Waals surface area contributed by atoms with Crippen LogP contribution >= 0.6 is 46.1 Å². The van der Waals surface area contributed by atoms with Crippen molar-refractivity contribution >= 4 is 46.1 Å². The van der Waals surface area contributed by atoms with Gasteiger partial charge in [-0.25, -0.2) is 4.98 Å². The van der Waals surface area contributed by atoms with Gasteiger partial charge >= 0.3 is 0 Å². The third-order valence-corrected chi connectivity index (χ3v) is 6.48. The van der Waals surface area contributed by atoms with E-state index in [9.17, 15) is 0 Å². The maximum Gasteiger partial charge on any atom is 0.104 e. The molecule has 1 heterocycles. The van der Waals surface area contributed by atoms with Gasteiger partial charge in [-0.3, -0.25) is 0 Å². The molecule has 0 bridgehead atoms. The van der Waals surface area contributed by atoms with Crippen molar-refractivity contribution in [2.45, 2.75) is 25.2 Å². The molecule has 4 rings (SSSR count). The number of halogens is 3. The zero-order chi connectivity index (χ0) is 16.9. The Bertz CT molecular complexity index is 928. The maximum atomic E-state index is 6.38. The molecular weight excluding hydrogens is 381 g/mol. The molecule has 0 atom stereocenters. The molecule has 1 nitrogen and oxygen atoms in total. The Balaban J connectivity index is 1.79. The van der Waals surface area contributed by atoms with E-state index in [4.69, 9.17) is 39.8 Å². The number of nitrogens with zero attached hydrogens (tertiary/aromatic N) is 1.